The van der Waals surface area contributed by atoms with E-state index >= 15 is 0 Å². The highest BCUT2D eigenvalue weighted by Crippen LogP contribution is 2.40. The molecular weight excluding hydrogens is 360 g/mol. The highest BCUT2D eigenvalue weighted by Gasteiger charge is 2.22. The first-order valence-electron chi connectivity index (χ1n) is 7.86. The number of anilines is 2. The minimum atomic E-state index is -3.86. The average Bonchev–Trinajstić information content (AvgIpc) is 3.02. The van der Waals surface area contributed by atoms with Crippen LogP contribution in [0.3, 0.4) is 0 Å². The Morgan fingerprint density at radius 2 is 1.73 bits per heavy atom. The summed E-state index contributed by atoms with van der Waals surface area (Å²) in [6, 6.07) is 9.34. The molecule has 0 aromatic heterocycles. The van der Waals surface area contributed by atoms with Crippen molar-refractivity contribution in [3.8, 4) is 11.5 Å². The molecule has 138 valence electrons. The molecule has 9 heteroatoms. The molecule has 3 rings (SSSR count). The van der Waals surface area contributed by atoms with Gasteiger partial charge in [0.2, 0.25) is 6.79 Å². The Balaban J connectivity index is 1.95. The molecule has 1 amide bonds. The number of rotatable bonds is 5. The van der Waals surface area contributed by atoms with Crippen molar-refractivity contribution in [3.63, 3.8) is 0 Å². The number of aryl methyl sites for hydroxylation is 1. The minimum Gasteiger partial charge on any atom is -0.454 e. The molecule has 2 aromatic carbocycles. The fraction of sp³-hybridized carbons (Fsp3) is 0.235. The second-order valence-corrected chi connectivity index (χ2v) is 7.20. The largest absolute Gasteiger partial charge is 0.454 e. The number of ether oxygens (including phenoxy) is 3. The molecular formula is C17H18N2O6S. The van der Waals surface area contributed by atoms with E-state index in [1.54, 1.807) is 19.1 Å². The molecule has 0 saturated carbocycles. The minimum absolute atomic E-state index is 0.0162. The molecule has 1 heterocycles. The maximum Gasteiger partial charge on any atom is 0.411 e. The first-order chi connectivity index (χ1) is 12.4. The van der Waals surface area contributed by atoms with Crippen LogP contribution in [0.1, 0.15) is 12.5 Å². The van der Waals surface area contributed by atoms with Crippen molar-refractivity contribution < 1.29 is 27.4 Å². The maximum absolute atomic E-state index is 12.6. The van der Waals surface area contributed by atoms with Gasteiger partial charge in [0.05, 0.1) is 22.9 Å². The summed E-state index contributed by atoms with van der Waals surface area (Å²) >= 11 is 0. The van der Waals surface area contributed by atoms with Crippen LogP contribution in [-0.2, 0) is 14.8 Å². The molecule has 0 bridgehead atoms. The van der Waals surface area contributed by atoms with Crippen LogP contribution in [0, 0.1) is 6.92 Å². The van der Waals surface area contributed by atoms with Crippen LogP contribution in [-0.4, -0.2) is 27.9 Å². The van der Waals surface area contributed by atoms with E-state index in [4.69, 9.17) is 14.2 Å². The third-order valence-electron chi connectivity index (χ3n) is 3.60. The molecule has 0 unspecified atom stereocenters. The van der Waals surface area contributed by atoms with E-state index in [9.17, 15) is 13.2 Å². The fourth-order valence-corrected chi connectivity index (χ4v) is 3.40. The van der Waals surface area contributed by atoms with Crippen molar-refractivity contribution in [2.45, 2.75) is 18.7 Å². The lowest BCUT2D eigenvalue weighted by molar-refractivity contribution is 0.168. The number of sulfonamides is 1. The topological polar surface area (TPSA) is 103 Å². The predicted octanol–water partition coefficient (Wildman–Crippen LogP) is 3.09. The number of nitrogens with one attached hydrogen (secondary N) is 2. The standard InChI is InChI=1S/C17H18N2O6S/c1-3-23-17(20)18-13-8-15-16(25-10-24-15)9-14(13)19-26(21,22)12-6-4-11(2)5-7-12/h4-9,19H,3,10H2,1-2H3,(H,18,20). The third kappa shape index (κ3) is 3.83. The second-order valence-electron chi connectivity index (χ2n) is 5.52. The molecule has 0 fully saturated rings. The first-order valence-corrected chi connectivity index (χ1v) is 9.34. The van der Waals surface area contributed by atoms with Crippen LogP contribution < -0.4 is 19.5 Å². The molecule has 8 nitrogen and oxygen atoms in total. The molecule has 1 aliphatic heterocycles. The number of hydrogen-bond donors (Lipinski definition) is 2. The normalized spacial score (nSPS) is 12.5. The van der Waals surface area contributed by atoms with Gasteiger partial charge in [-0.15, -0.1) is 0 Å². The summed E-state index contributed by atoms with van der Waals surface area (Å²) in [6.07, 6.45) is -0.706. The molecule has 1 aliphatic rings. The number of fused-ring (bicyclic) bond motifs is 1. The SMILES string of the molecule is CCOC(=O)Nc1cc2c(cc1NS(=O)(=O)c1ccc(C)cc1)OCO2. The van der Waals surface area contributed by atoms with Gasteiger partial charge in [-0.3, -0.25) is 10.0 Å². The Bertz CT molecular complexity index is 925. The van der Waals surface area contributed by atoms with Crippen LogP contribution in [0.2, 0.25) is 0 Å². The van der Waals surface area contributed by atoms with E-state index in [2.05, 4.69) is 10.0 Å². The molecule has 2 aromatic rings. The molecule has 2 N–H and O–H groups in total. The van der Waals surface area contributed by atoms with Crippen LogP contribution in [0.5, 0.6) is 11.5 Å². The predicted molar refractivity (Wildman–Crippen MR) is 95.2 cm³/mol. The molecule has 26 heavy (non-hydrogen) atoms. The number of hydrogen-bond acceptors (Lipinski definition) is 6. The van der Waals surface area contributed by atoms with Crippen molar-refractivity contribution in [2.75, 3.05) is 23.4 Å². The smallest absolute Gasteiger partial charge is 0.411 e. The van der Waals surface area contributed by atoms with E-state index in [-0.39, 0.29) is 29.7 Å². The first kappa shape index (κ1) is 17.9. The third-order valence-corrected chi connectivity index (χ3v) is 4.98. The number of carbonyl (C=O) groups excluding carboxylic acids is 1. The lowest BCUT2D eigenvalue weighted by atomic mass is 10.2. The van der Waals surface area contributed by atoms with Crippen molar-refractivity contribution in [3.05, 3.63) is 42.0 Å². The molecule has 0 saturated heterocycles. The number of carbonyl (C=O) groups is 1. The van der Waals surface area contributed by atoms with Crippen LogP contribution in [0.25, 0.3) is 0 Å². The maximum atomic E-state index is 12.6. The summed E-state index contributed by atoms with van der Waals surface area (Å²) in [5.74, 6) is 0.774. The molecule has 0 aliphatic carbocycles. The van der Waals surface area contributed by atoms with Crippen molar-refractivity contribution >= 4 is 27.5 Å². The lowest BCUT2D eigenvalue weighted by Gasteiger charge is -2.14. The summed E-state index contributed by atoms with van der Waals surface area (Å²) < 4.78 is 43.2. The zero-order chi connectivity index (χ0) is 18.7. The van der Waals surface area contributed by atoms with Gasteiger partial charge in [0.15, 0.2) is 11.5 Å². The number of amides is 1. The Kier molecular flexibility index (Phi) is 4.90. The number of benzene rings is 2. The van der Waals surface area contributed by atoms with Crippen molar-refractivity contribution in [2.24, 2.45) is 0 Å². The summed E-state index contributed by atoms with van der Waals surface area (Å²) in [5.41, 5.74) is 1.28. The van der Waals surface area contributed by atoms with E-state index in [1.807, 2.05) is 6.92 Å². The van der Waals surface area contributed by atoms with Gasteiger partial charge < -0.3 is 14.2 Å². The Morgan fingerprint density at radius 1 is 1.12 bits per heavy atom. The van der Waals surface area contributed by atoms with E-state index in [0.717, 1.165) is 5.56 Å². The van der Waals surface area contributed by atoms with Crippen LogP contribution in [0.15, 0.2) is 41.3 Å². The highest BCUT2D eigenvalue weighted by atomic mass is 32.2. The lowest BCUT2D eigenvalue weighted by Crippen LogP contribution is -2.18. The Hall–Kier alpha value is -2.94. The summed E-state index contributed by atoms with van der Waals surface area (Å²) in [5, 5.41) is 2.50. The fourth-order valence-electron chi connectivity index (χ4n) is 2.33. The quantitative estimate of drug-likeness (QED) is 0.829. The summed E-state index contributed by atoms with van der Waals surface area (Å²) in [6.45, 7) is 3.73. The monoisotopic (exact) mass is 378 g/mol. The molecule has 0 atom stereocenters. The van der Waals surface area contributed by atoms with Gasteiger partial charge in [0.1, 0.15) is 0 Å². The zero-order valence-corrected chi connectivity index (χ0v) is 15.1. The van der Waals surface area contributed by atoms with E-state index in [1.165, 1.54) is 24.3 Å². The van der Waals surface area contributed by atoms with E-state index < -0.39 is 16.1 Å². The Labute approximate surface area is 151 Å². The summed E-state index contributed by atoms with van der Waals surface area (Å²) in [7, 11) is -3.86. The van der Waals surface area contributed by atoms with Gasteiger partial charge in [-0.25, -0.2) is 13.2 Å². The highest BCUT2D eigenvalue weighted by molar-refractivity contribution is 7.92. The van der Waals surface area contributed by atoms with Gasteiger partial charge in [-0.2, -0.15) is 0 Å². The van der Waals surface area contributed by atoms with Gasteiger partial charge in [0.25, 0.3) is 10.0 Å². The zero-order valence-electron chi connectivity index (χ0n) is 14.2. The Morgan fingerprint density at radius 3 is 2.35 bits per heavy atom. The van der Waals surface area contributed by atoms with Crippen molar-refractivity contribution in [1.82, 2.24) is 0 Å². The van der Waals surface area contributed by atoms with Crippen LogP contribution in [0.4, 0.5) is 16.2 Å². The average molecular weight is 378 g/mol. The van der Waals surface area contributed by atoms with Crippen molar-refractivity contribution in [1.29, 1.82) is 0 Å². The molecule has 0 spiro atoms. The second kappa shape index (κ2) is 7.12. The molecule has 0 radical (unpaired) electrons. The van der Waals surface area contributed by atoms with Gasteiger partial charge >= 0.3 is 6.09 Å². The summed E-state index contributed by atoms with van der Waals surface area (Å²) in [4.78, 5) is 11.9. The van der Waals surface area contributed by atoms with Crippen LogP contribution >= 0.6 is 0 Å². The van der Waals surface area contributed by atoms with Gasteiger partial charge in [0, 0.05) is 12.1 Å². The van der Waals surface area contributed by atoms with Gasteiger partial charge in [-0.1, -0.05) is 17.7 Å². The van der Waals surface area contributed by atoms with E-state index in [0.29, 0.717) is 11.5 Å². The van der Waals surface area contributed by atoms with Gasteiger partial charge in [-0.05, 0) is 26.0 Å².